The summed E-state index contributed by atoms with van der Waals surface area (Å²) in [4.78, 5) is 74.1. The van der Waals surface area contributed by atoms with Gasteiger partial charge >= 0.3 is 5.97 Å². The first-order valence-corrected chi connectivity index (χ1v) is 38.7. The number of fused-ring (bicyclic) bond motifs is 3. The Labute approximate surface area is 649 Å². The summed E-state index contributed by atoms with van der Waals surface area (Å²) in [6, 6.07) is 67.0. The average molecular weight is 1510 g/mol. The number of carboxylic acid groups (broad SMARTS) is 1. The largest absolute Gasteiger partial charge is 0.483 e. The number of benzene rings is 9. The van der Waals surface area contributed by atoms with Crippen molar-refractivity contribution in [3.05, 3.63) is 309 Å². The molecule has 0 saturated carbocycles. The summed E-state index contributed by atoms with van der Waals surface area (Å²) in [5, 5.41) is 17.7. The lowest BCUT2D eigenvalue weighted by Crippen LogP contribution is -2.51. The predicted octanol–water partition coefficient (Wildman–Crippen LogP) is 16.0. The fourth-order valence-corrected chi connectivity index (χ4v) is 13.6. The van der Waals surface area contributed by atoms with Crippen molar-refractivity contribution in [2.45, 2.75) is 136 Å². The van der Waals surface area contributed by atoms with Crippen molar-refractivity contribution in [1.82, 2.24) is 15.7 Å². The maximum absolute atomic E-state index is 12.4. The summed E-state index contributed by atoms with van der Waals surface area (Å²) in [6.45, 7) is 24.7. The molecule has 4 amide bonds. The number of aryl methyl sites for hydroxylation is 6. The third-order valence-electron chi connectivity index (χ3n) is 19.1. The zero-order valence-electron chi connectivity index (χ0n) is 65.3. The molecule has 19 heteroatoms. The van der Waals surface area contributed by atoms with Gasteiger partial charge in [0, 0.05) is 108 Å². The number of para-hydroxylation sites is 2. The fourth-order valence-electron chi connectivity index (χ4n) is 12.9. The molecular weight excluding hydrogens is 1400 g/mol. The third-order valence-corrected chi connectivity index (χ3v) is 20.0. The number of allylic oxidation sites excluding steroid dienone is 6. The Kier molecular flexibility index (Phi) is 32.6. The number of nitrogens with zero attached hydrogens (tertiary/aromatic N) is 3. The van der Waals surface area contributed by atoms with E-state index in [9.17, 15) is 36.9 Å². The molecule has 3 heterocycles. The van der Waals surface area contributed by atoms with E-state index in [1.165, 1.54) is 73.4 Å². The maximum atomic E-state index is 12.4. The first-order chi connectivity index (χ1) is 52.6. The van der Waals surface area contributed by atoms with Crippen molar-refractivity contribution >= 4 is 79.7 Å². The zero-order valence-corrected chi connectivity index (χ0v) is 66.1. The highest BCUT2D eigenvalue weighted by Crippen LogP contribution is 2.48. The van der Waals surface area contributed by atoms with Gasteiger partial charge in [-0.1, -0.05) is 230 Å². The first-order valence-electron chi connectivity index (χ1n) is 37.2. The number of hydrogen-bond donors (Lipinski definition) is 6. The number of quaternary nitrogens is 1. The Hall–Kier alpha value is -11.4. The lowest BCUT2D eigenvalue weighted by molar-refractivity contribution is -0.401. The summed E-state index contributed by atoms with van der Waals surface area (Å²) in [5.74, 6) is -1.65. The molecule has 0 atom stereocenters. The molecule has 18 nitrogen and oxygen atoms in total. The van der Waals surface area contributed by atoms with Gasteiger partial charge < -0.3 is 36.5 Å². The van der Waals surface area contributed by atoms with Gasteiger partial charge in [-0.15, -0.1) is 5.06 Å². The Bertz CT molecular complexity index is 4800. The number of unbranched alkanes of at least 4 members (excludes halogenated alkanes) is 2. The lowest BCUT2D eigenvalue weighted by Gasteiger charge is -2.27. The smallest absolute Gasteiger partial charge is 0.363 e. The standard InChI is InChI=1S/C41H49N3O.C20H20N2O4S.C12H11NO4.C9H13N.C8H10.CH2O2/c1-31-24-26-32(27-25-31)28-29-42-39(45)23-11-8-16-30-44-36-20-15-13-18-34(36)41(4,5)38(44)22-10-7-9-21-37-40(2,3)33-17-12-14-19-35(33)43(37)6;1-14-8-10-15(11-9-14)20(23)22-13-12-21-18-6-2-5-17-16(18)4-3-7-19(17)27(24,25)26;1-8-2-4-9(5-3-8)12(16)17-13-10(14)6-7-11(13)15;1-8-2-4-9(5-3-8)6-7-10;1-7-3-5-8(2)6-4-7;2-1-3/h7,9-10,12-15,17-22,24-27H,8,11,16,23,28-30H2,1-6H3;2-11,21H,12-13H2,1H3,(H,22,23)(H,24,25,26);2-5H,6-7H2,1H3;2-5H,6-7,10H2,1H3;3-6H,1-2H3;1H,(H,2,3)/p+2. The van der Waals surface area contributed by atoms with Crippen molar-refractivity contribution in [2.75, 3.05) is 50.0 Å². The van der Waals surface area contributed by atoms with E-state index < -0.39 is 27.9 Å². The average Bonchev–Trinajstić information content (AvgIpc) is 1.58. The fraction of sp³-hybridized carbons (Fsp3) is 0.286. The number of nitrogens with one attached hydrogen (secondary N) is 3. The highest BCUT2D eigenvalue weighted by molar-refractivity contribution is 7.86. The van der Waals surface area contributed by atoms with Crippen LogP contribution in [0.2, 0.25) is 0 Å². The number of imide groups is 1. The van der Waals surface area contributed by atoms with Gasteiger partial charge in [-0.05, 0) is 140 Å². The van der Waals surface area contributed by atoms with Crippen LogP contribution < -0.4 is 26.6 Å². The molecule has 0 aromatic heterocycles. The molecule has 12 rings (SSSR count). The van der Waals surface area contributed by atoms with E-state index in [1.54, 1.807) is 60.7 Å². The highest BCUT2D eigenvalue weighted by atomic mass is 32.2. The van der Waals surface area contributed by atoms with Crippen molar-refractivity contribution in [3.63, 3.8) is 0 Å². The number of rotatable bonds is 22. The number of amides is 4. The Morgan fingerprint density at radius 3 is 1.64 bits per heavy atom. The minimum atomic E-state index is -4.30. The van der Waals surface area contributed by atoms with E-state index in [4.69, 9.17) is 14.7 Å². The second-order valence-corrected chi connectivity index (χ2v) is 29.8. The third kappa shape index (κ3) is 25.1. The SMILES string of the molecule is Cc1ccc(C(=O)NCCNc2cccc3c(S(=O)(=O)O)cccc23)cc1.Cc1ccc(C(=O)ON2C(=O)CCC2=O)cc1.Cc1ccc(C)cc1.Cc1ccc(CCNC(=O)CCCCCN2/C(=C/C=C/C=C/C3=[N+](C)c4ccccc4C3(C)C)C(C)(C)c3ccccc32)cc1.Cc1ccc(CC[NH3+])cc1.O=CO. The molecule has 0 bridgehead atoms. The summed E-state index contributed by atoms with van der Waals surface area (Å²) in [5.41, 5.74) is 23.3. The van der Waals surface area contributed by atoms with Gasteiger partial charge in [0.25, 0.3) is 34.3 Å². The molecule has 1 fully saturated rings. The van der Waals surface area contributed by atoms with Crippen LogP contribution in [0.25, 0.3) is 10.8 Å². The van der Waals surface area contributed by atoms with Crippen molar-refractivity contribution in [2.24, 2.45) is 0 Å². The number of anilines is 2. The van der Waals surface area contributed by atoms with Gasteiger partial charge in [-0.25, -0.2) is 4.79 Å². The van der Waals surface area contributed by atoms with Gasteiger partial charge in [-0.2, -0.15) is 13.0 Å². The van der Waals surface area contributed by atoms with E-state index in [-0.39, 0.29) is 46.9 Å². The van der Waals surface area contributed by atoms with Crippen molar-refractivity contribution < 1.29 is 62.0 Å². The minimum Gasteiger partial charge on any atom is -0.483 e. The van der Waals surface area contributed by atoms with E-state index in [2.05, 4.69) is 245 Å². The number of carbonyl (C=O) groups excluding carboxylic acids is 5. The monoisotopic (exact) mass is 1510 g/mol. The molecule has 0 spiro atoms. The molecule has 0 radical (unpaired) electrons. The van der Waals surface area contributed by atoms with Gasteiger partial charge in [0.1, 0.15) is 11.9 Å². The van der Waals surface area contributed by atoms with E-state index in [0.717, 1.165) is 62.0 Å². The van der Waals surface area contributed by atoms with Crippen LogP contribution in [0.3, 0.4) is 0 Å². The van der Waals surface area contributed by atoms with Crippen LogP contribution in [0.1, 0.15) is 143 Å². The van der Waals surface area contributed by atoms with Crippen LogP contribution in [0.5, 0.6) is 0 Å². The van der Waals surface area contributed by atoms with Crippen LogP contribution >= 0.6 is 0 Å². The molecule has 9 aromatic rings. The Balaban J connectivity index is 0.000000217. The van der Waals surface area contributed by atoms with Gasteiger partial charge in [-0.3, -0.25) is 28.5 Å². The topological polar surface area (TPSA) is 259 Å². The van der Waals surface area contributed by atoms with E-state index in [1.807, 2.05) is 32.0 Å². The zero-order chi connectivity index (χ0) is 80.0. The van der Waals surface area contributed by atoms with Crippen molar-refractivity contribution in [1.29, 1.82) is 0 Å². The molecule has 0 aliphatic carbocycles. The second-order valence-electron chi connectivity index (χ2n) is 28.4. The summed E-state index contributed by atoms with van der Waals surface area (Å²) in [7, 11) is -2.14. The summed E-state index contributed by atoms with van der Waals surface area (Å²) >= 11 is 0. The van der Waals surface area contributed by atoms with Crippen molar-refractivity contribution in [3.8, 4) is 0 Å². The normalized spacial score (nSPS) is 14.0. The second kappa shape index (κ2) is 41.8. The van der Waals surface area contributed by atoms with Gasteiger partial charge in [0.2, 0.25) is 11.6 Å². The molecule has 0 unspecified atom stereocenters. The first kappa shape index (κ1) is 85.9. The predicted molar refractivity (Wildman–Crippen MR) is 441 cm³/mol. The Morgan fingerprint density at radius 1 is 0.564 bits per heavy atom. The van der Waals surface area contributed by atoms with Gasteiger partial charge in [0.05, 0.1) is 17.5 Å². The minimum absolute atomic E-state index is 0.0257. The van der Waals surface area contributed by atoms with Crippen LogP contribution in [0.15, 0.2) is 247 Å². The molecule has 576 valence electrons. The van der Waals surface area contributed by atoms with Crippen LogP contribution in [0.4, 0.5) is 17.1 Å². The maximum Gasteiger partial charge on any atom is 0.363 e. The van der Waals surface area contributed by atoms with Crippen LogP contribution in [0, 0.1) is 41.5 Å². The van der Waals surface area contributed by atoms with Crippen LogP contribution in [-0.4, -0.2) is 109 Å². The number of hydroxylamine groups is 2. The molecule has 110 heavy (non-hydrogen) atoms. The highest BCUT2D eigenvalue weighted by Gasteiger charge is 2.43. The number of hydrogen-bond acceptors (Lipinski definition) is 11. The van der Waals surface area contributed by atoms with Gasteiger partial charge in [0.15, 0.2) is 5.71 Å². The number of carbonyl (C=O) groups is 6. The molecule has 9 aromatic carbocycles. The van der Waals surface area contributed by atoms with E-state index >= 15 is 0 Å². The molecule has 3 aliphatic rings. The van der Waals surface area contributed by atoms with E-state index in [0.29, 0.717) is 53.0 Å². The quantitative estimate of drug-likeness (QED) is 0.00922. The lowest BCUT2D eigenvalue weighted by atomic mass is 9.81. The van der Waals surface area contributed by atoms with Crippen LogP contribution in [-0.2, 0) is 57.8 Å². The molecule has 3 aliphatic heterocycles. The molecule has 8 N–H and O–H groups in total. The molecule has 1 saturated heterocycles. The summed E-state index contributed by atoms with van der Waals surface area (Å²) < 4.78 is 34.8. The Morgan fingerprint density at radius 2 is 1.07 bits per heavy atom. The molecular formula is C91H107N7O11S+2. The summed E-state index contributed by atoms with van der Waals surface area (Å²) in [6.07, 6.45) is 16.8.